The summed E-state index contributed by atoms with van der Waals surface area (Å²) in [5, 5.41) is 3.18. The van der Waals surface area contributed by atoms with Crippen LogP contribution in [-0.2, 0) is 20.8 Å². The molecule has 0 amide bonds. The van der Waals surface area contributed by atoms with Gasteiger partial charge in [-0.2, -0.15) is 0 Å². The van der Waals surface area contributed by atoms with E-state index < -0.39 is 11.9 Å². The fourth-order valence-electron chi connectivity index (χ4n) is 2.26. The van der Waals surface area contributed by atoms with Gasteiger partial charge >= 0.3 is 11.9 Å². The molecule has 0 saturated carbocycles. The number of rotatable bonds is 8. The summed E-state index contributed by atoms with van der Waals surface area (Å²) in [4.78, 5) is 23.7. The van der Waals surface area contributed by atoms with Gasteiger partial charge in [0.2, 0.25) is 0 Å². The summed E-state index contributed by atoms with van der Waals surface area (Å²) >= 11 is 0. The molecular formula is C18H22ClNO6. The number of hydrogen-bond donors (Lipinski definition) is 1. The van der Waals surface area contributed by atoms with Crippen molar-refractivity contribution in [3.8, 4) is 11.3 Å². The van der Waals surface area contributed by atoms with Crippen LogP contribution in [0.15, 0.2) is 34.7 Å². The van der Waals surface area contributed by atoms with Crippen LogP contribution in [0.25, 0.3) is 11.3 Å². The highest BCUT2D eigenvalue weighted by Crippen LogP contribution is 2.25. The Hall–Kier alpha value is -2.35. The third-order valence-electron chi connectivity index (χ3n) is 3.50. The minimum Gasteiger partial charge on any atom is -0.465 e. The van der Waals surface area contributed by atoms with E-state index >= 15 is 0 Å². The smallest absolute Gasteiger partial charge is 0.337 e. The van der Waals surface area contributed by atoms with E-state index in [0.717, 1.165) is 5.76 Å². The number of carbonyl (C=O) groups excluding carboxylic acids is 2. The second kappa shape index (κ2) is 10.6. The van der Waals surface area contributed by atoms with Crippen LogP contribution in [-0.4, -0.2) is 46.4 Å². The molecule has 7 nitrogen and oxygen atoms in total. The molecule has 1 aromatic heterocycles. The Kier molecular flexibility index (Phi) is 8.84. The average Bonchev–Trinajstić information content (AvgIpc) is 3.12. The number of nitrogens with one attached hydrogen (secondary N) is 1. The zero-order valence-electron chi connectivity index (χ0n) is 14.9. The van der Waals surface area contributed by atoms with Crippen molar-refractivity contribution in [2.45, 2.75) is 6.54 Å². The first-order chi connectivity index (χ1) is 12.1. The van der Waals surface area contributed by atoms with E-state index in [9.17, 15) is 9.59 Å². The molecule has 0 aliphatic carbocycles. The molecule has 0 bridgehead atoms. The maximum atomic E-state index is 11.8. The normalized spacial score (nSPS) is 10.1. The van der Waals surface area contributed by atoms with Crippen LogP contribution < -0.4 is 5.32 Å². The SMILES string of the molecule is COCCNCc1ccc(-c2cc(C(=O)OC)cc(C(=O)OC)c2)o1.Cl. The highest BCUT2D eigenvalue weighted by Gasteiger charge is 2.16. The number of hydrogen-bond acceptors (Lipinski definition) is 7. The predicted molar refractivity (Wildman–Crippen MR) is 97.7 cm³/mol. The molecule has 26 heavy (non-hydrogen) atoms. The summed E-state index contributed by atoms with van der Waals surface area (Å²) in [5.41, 5.74) is 1.08. The minimum atomic E-state index is -0.542. The molecule has 0 aliphatic rings. The van der Waals surface area contributed by atoms with Crippen molar-refractivity contribution in [1.82, 2.24) is 5.32 Å². The molecule has 1 aromatic carbocycles. The quantitative estimate of drug-likeness (QED) is 0.553. The van der Waals surface area contributed by atoms with Gasteiger partial charge in [0.25, 0.3) is 0 Å². The maximum absolute atomic E-state index is 11.8. The lowest BCUT2D eigenvalue weighted by atomic mass is 10.0. The number of esters is 2. The second-order valence-electron chi connectivity index (χ2n) is 5.22. The van der Waals surface area contributed by atoms with E-state index in [0.29, 0.717) is 31.0 Å². The van der Waals surface area contributed by atoms with Gasteiger partial charge in [0.15, 0.2) is 0 Å². The maximum Gasteiger partial charge on any atom is 0.337 e. The summed E-state index contributed by atoms with van der Waals surface area (Å²) in [6, 6.07) is 8.26. The van der Waals surface area contributed by atoms with E-state index in [2.05, 4.69) is 5.32 Å². The lowest BCUT2D eigenvalue weighted by Crippen LogP contribution is -2.18. The van der Waals surface area contributed by atoms with Crippen LogP contribution in [0.3, 0.4) is 0 Å². The Morgan fingerprint density at radius 2 is 1.62 bits per heavy atom. The van der Waals surface area contributed by atoms with Gasteiger partial charge in [0.05, 0.1) is 38.5 Å². The van der Waals surface area contributed by atoms with E-state index in [-0.39, 0.29) is 23.5 Å². The Morgan fingerprint density at radius 1 is 1.00 bits per heavy atom. The summed E-state index contributed by atoms with van der Waals surface area (Å²) in [5.74, 6) is 0.189. The number of halogens is 1. The van der Waals surface area contributed by atoms with Gasteiger partial charge < -0.3 is 23.9 Å². The van der Waals surface area contributed by atoms with Gasteiger partial charge in [-0.1, -0.05) is 0 Å². The van der Waals surface area contributed by atoms with Gasteiger partial charge in [0.1, 0.15) is 11.5 Å². The third kappa shape index (κ3) is 5.59. The Morgan fingerprint density at radius 3 is 2.15 bits per heavy atom. The fraction of sp³-hybridized carbons (Fsp3) is 0.333. The van der Waals surface area contributed by atoms with Crippen molar-refractivity contribution in [3.63, 3.8) is 0 Å². The van der Waals surface area contributed by atoms with Crippen LogP contribution in [0.2, 0.25) is 0 Å². The molecule has 0 unspecified atom stereocenters. The standard InChI is InChI=1S/C18H21NO6.ClH/c1-22-7-6-19-11-15-4-5-16(25-15)12-8-13(17(20)23-2)10-14(9-12)18(21)24-3;/h4-5,8-10,19H,6-7,11H2,1-3H3;1H. The number of ether oxygens (including phenoxy) is 3. The van der Waals surface area contributed by atoms with Crippen molar-refractivity contribution in [1.29, 1.82) is 0 Å². The molecule has 0 aliphatic heterocycles. The first-order valence-corrected chi connectivity index (χ1v) is 7.69. The van der Waals surface area contributed by atoms with Crippen molar-refractivity contribution < 1.29 is 28.2 Å². The molecule has 0 spiro atoms. The molecule has 0 saturated heterocycles. The number of carbonyl (C=O) groups is 2. The molecule has 1 heterocycles. The number of methoxy groups -OCH3 is 3. The summed E-state index contributed by atoms with van der Waals surface area (Å²) in [6.45, 7) is 1.86. The van der Waals surface area contributed by atoms with Crippen LogP contribution in [0.1, 0.15) is 26.5 Å². The van der Waals surface area contributed by atoms with Crippen molar-refractivity contribution in [3.05, 3.63) is 47.2 Å². The van der Waals surface area contributed by atoms with Gasteiger partial charge in [-0.15, -0.1) is 12.4 Å². The molecule has 1 N–H and O–H groups in total. The summed E-state index contributed by atoms with van der Waals surface area (Å²) in [7, 11) is 4.20. The van der Waals surface area contributed by atoms with Crippen molar-refractivity contribution in [2.75, 3.05) is 34.5 Å². The van der Waals surface area contributed by atoms with E-state index in [4.69, 9.17) is 18.6 Å². The highest BCUT2D eigenvalue weighted by atomic mass is 35.5. The average molecular weight is 384 g/mol. The minimum absolute atomic E-state index is 0. The lowest BCUT2D eigenvalue weighted by Gasteiger charge is -2.06. The molecule has 0 fully saturated rings. The van der Waals surface area contributed by atoms with Crippen molar-refractivity contribution >= 4 is 24.3 Å². The van der Waals surface area contributed by atoms with Crippen LogP contribution in [0, 0.1) is 0 Å². The Labute approximate surface area is 158 Å². The van der Waals surface area contributed by atoms with Gasteiger partial charge in [0, 0.05) is 19.2 Å². The van der Waals surface area contributed by atoms with Gasteiger partial charge in [-0.3, -0.25) is 0 Å². The molecule has 2 rings (SSSR count). The Bertz CT molecular complexity index is 709. The van der Waals surface area contributed by atoms with E-state index in [1.165, 1.54) is 20.3 Å². The van der Waals surface area contributed by atoms with Gasteiger partial charge in [-0.05, 0) is 30.3 Å². The summed E-state index contributed by atoms with van der Waals surface area (Å²) < 4.78 is 20.2. The molecule has 8 heteroatoms. The molecule has 142 valence electrons. The van der Waals surface area contributed by atoms with E-state index in [1.54, 1.807) is 25.3 Å². The zero-order valence-corrected chi connectivity index (χ0v) is 15.7. The zero-order chi connectivity index (χ0) is 18.2. The second-order valence-corrected chi connectivity index (χ2v) is 5.22. The lowest BCUT2D eigenvalue weighted by molar-refractivity contribution is 0.0599. The number of furan rings is 1. The fourth-order valence-corrected chi connectivity index (χ4v) is 2.26. The summed E-state index contributed by atoms with van der Waals surface area (Å²) in [6.07, 6.45) is 0. The van der Waals surface area contributed by atoms with Crippen LogP contribution in [0.5, 0.6) is 0 Å². The Balaban J connectivity index is 0.00000338. The topological polar surface area (TPSA) is 87.0 Å². The first kappa shape index (κ1) is 21.7. The molecule has 0 radical (unpaired) electrons. The van der Waals surface area contributed by atoms with Crippen LogP contribution in [0.4, 0.5) is 0 Å². The highest BCUT2D eigenvalue weighted by molar-refractivity contribution is 5.97. The predicted octanol–water partition coefficient (Wildman–Crippen LogP) is 2.68. The largest absolute Gasteiger partial charge is 0.465 e. The van der Waals surface area contributed by atoms with Crippen molar-refractivity contribution in [2.24, 2.45) is 0 Å². The van der Waals surface area contributed by atoms with Gasteiger partial charge in [-0.25, -0.2) is 9.59 Å². The van der Waals surface area contributed by atoms with Crippen LogP contribution >= 0.6 is 12.4 Å². The third-order valence-corrected chi connectivity index (χ3v) is 3.50. The van der Waals surface area contributed by atoms with E-state index in [1.807, 2.05) is 6.07 Å². The first-order valence-electron chi connectivity index (χ1n) is 7.69. The molecule has 2 aromatic rings. The molecule has 0 atom stereocenters. The monoisotopic (exact) mass is 383 g/mol. The number of benzene rings is 1. The molecular weight excluding hydrogens is 362 g/mol.